The van der Waals surface area contributed by atoms with Gasteiger partial charge in [0.1, 0.15) is 15.8 Å². The standard InChI is InChI=1S/C19H21N5OS/c1-13-22-23-19(26-13)14-5-6-15-11-20-17(10-16(15)9-14)21-18(25)12-24-7-3-2-4-8-24/h5-6,9-11H,2-4,7-8,12H2,1H3,(H,20,21,25)/i12D2. The fourth-order valence-corrected chi connectivity index (χ4v) is 3.74. The Kier molecular flexibility index (Phi) is 4.24. The normalized spacial score (nSPS) is 17.0. The SMILES string of the molecule is [2H]C([2H])(C(=O)Nc1cc2cc(-c3nnc(C)s3)ccc2cn1)N1CCCCC1. The first-order valence-corrected chi connectivity index (χ1v) is 9.52. The Morgan fingerprint density at radius 2 is 2.08 bits per heavy atom. The molecule has 1 aliphatic rings. The van der Waals surface area contributed by atoms with Crippen molar-refractivity contribution in [2.75, 3.05) is 24.9 Å². The van der Waals surface area contributed by atoms with Gasteiger partial charge in [0.05, 0.1) is 9.24 Å². The molecular weight excluding hydrogens is 346 g/mol. The van der Waals surface area contributed by atoms with Crippen molar-refractivity contribution in [3.05, 3.63) is 35.5 Å². The maximum Gasteiger partial charge on any atom is 0.239 e. The van der Waals surface area contributed by atoms with E-state index in [0.29, 0.717) is 18.9 Å². The number of nitrogens with one attached hydrogen (secondary N) is 1. The van der Waals surface area contributed by atoms with Gasteiger partial charge in [-0.15, -0.1) is 10.2 Å². The van der Waals surface area contributed by atoms with Gasteiger partial charge in [-0.1, -0.05) is 29.9 Å². The number of benzene rings is 1. The molecule has 6 nitrogen and oxygen atoms in total. The van der Waals surface area contributed by atoms with Crippen molar-refractivity contribution in [1.29, 1.82) is 0 Å². The molecule has 2 aromatic heterocycles. The molecule has 26 heavy (non-hydrogen) atoms. The molecule has 0 spiro atoms. The number of likely N-dealkylation sites (tertiary alicyclic amines) is 1. The summed E-state index contributed by atoms with van der Waals surface area (Å²) in [6.07, 6.45) is 4.58. The third-order valence-corrected chi connectivity index (χ3v) is 5.24. The molecular formula is C19H21N5OS. The zero-order valence-corrected chi connectivity index (χ0v) is 15.3. The van der Waals surface area contributed by atoms with E-state index in [9.17, 15) is 4.79 Å². The lowest BCUT2D eigenvalue weighted by Crippen LogP contribution is -2.36. The first-order valence-electron chi connectivity index (χ1n) is 9.70. The summed E-state index contributed by atoms with van der Waals surface area (Å²) in [5.41, 5.74) is 0.949. The zero-order chi connectivity index (χ0) is 19.7. The Morgan fingerprint density at radius 1 is 1.23 bits per heavy atom. The van der Waals surface area contributed by atoms with Crippen molar-refractivity contribution in [1.82, 2.24) is 20.1 Å². The molecule has 3 aromatic rings. The minimum absolute atomic E-state index is 0.337. The van der Waals surface area contributed by atoms with Crippen molar-refractivity contribution >= 4 is 33.8 Å². The molecule has 1 N–H and O–H groups in total. The quantitative estimate of drug-likeness (QED) is 0.762. The van der Waals surface area contributed by atoms with Gasteiger partial charge >= 0.3 is 0 Å². The van der Waals surface area contributed by atoms with E-state index in [1.807, 2.05) is 25.1 Å². The smallest absolute Gasteiger partial charge is 0.239 e. The summed E-state index contributed by atoms with van der Waals surface area (Å²) in [6, 6.07) is 7.66. The summed E-state index contributed by atoms with van der Waals surface area (Å²) in [6.45, 7) is 1.05. The summed E-state index contributed by atoms with van der Waals surface area (Å²) >= 11 is 1.52. The predicted molar refractivity (Wildman–Crippen MR) is 104 cm³/mol. The van der Waals surface area contributed by atoms with Crippen LogP contribution in [0.3, 0.4) is 0 Å². The van der Waals surface area contributed by atoms with E-state index in [1.165, 1.54) is 11.3 Å². The van der Waals surface area contributed by atoms with Gasteiger partial charge in [-0.3, -0.25) is 9.69 Å². The van der Waals surface area contributed by atoms with Crippen molar-refractivity contribution in [2.24, 2.45) is 0 Å². The van der Waals surface area contributed by atoms with Crippen LogP contribution >= 0.6 is 11.3 Å². The number of piperidine rings is 1. The number of aromatic nitrogens is 3. The summed E-state index contributed by atoms with van der Waals surface area (Å²) in [5, 5.41) is 14.4. The number of pyridine rings is 1. The molecule has 1 aliphatic heterocycles. The number of rotatable bonds is 4. The van der Waals surface area contributed by atoms with Crippen LogP contribution in [-0.2, 0) is 4.79 Å². The van der Waals surface area contributed by atoms with Crippen molar-refractivity contribution < 1.29 is 7.54 Å². The molecule has 0 unspecified atom stereocenters. The van der Waals surface area contributed by atoms with Gasteiger partial charge in [0.25, 0.3) is 0 Å². The van der Waals surface area contributed by atoms with E-state index in [-0.39, 0.29) is 0 Å². The Hall–Kier alpha value is -2.38. The van der Waals surface area contributed by atoms with Crippen LogP contribution in [0.2, 0.25) is 0 Å². The number of hydrogen-bond donors (Lipinski definition) is 1. The van der Waals surface area contributed by atoms with Crippen LogP contribution in [0, 0.1) is 6.92 Å². The Bertz CT molecular complexity index is 1020. The highest BCUT2D eigenvalue weighted by atomic mass is 32.1. The van der Waals surface area contributed by atoms with E-state index in [0.717, 1.165) is 45.6 Å². The second-order valence-corrected chi connectivity index (χ2v) is 7.55. The fourth-order valence-electron chi connectivity index (χ4n) is 3.05. The Balaban J connectivity index is 1.57. The maximum atomic E-state index is 12.6. The monoisotopic (exact) mass is 369 g/mol. The number of amides is 1. The van der Waals surface area contributed by atoms with E-state index in [1.54, 1.807) is 17.2 Å². The lowest BCUT2D eigenvalue weighted by atomic mass is 10.1. The first kappa shape index (κ1) is 14.8. The van der Waals surface area contributed by atoms with E-state index < -0.39 is 12.4 Å². The fraction of sp³-hybridized carbons (Fsp3) is 0.368. The van der Waals surface area contributed by atoms with E-state index >= 15 is 0 Å². The van der Waals surface area contributed by atoms with Crippen LogP contribution in [-0.4, -0.2) is 45.6 Å². The van der Waals surface area contributed by atoms with Crippen molar-refractivity contribution in [2.45, 2.75) is 26.2 Å². The summed E-state index contributed by atoms with van der Waals surface area (Å²) in [5.74, 6) is -0.346. The Morgan fingerprint density at radius 3 is 2.85 bits per heavy atom. The van der Waals surface area contributed by atoms with Crippen molar-refractivity contribution in [3.63, 3.8) is 0 Å². The number of anilines is 1. The van der Waals surface area contributed by atoms with Gasteiger partial charge in [0.15, 0.2) is 0 Å². The van der Waals surface area contributed by atoms with Crippen LogP contribution in [0.25, 0.3) is 21.3 Å². The minimum atomic E-state index is -2.05. The van der Waals surface area contributed by atoms with Crippen LogP contribution in [0.4, 0.5) is 5.82 Å². The molecule has 3 heterocycles. The average Bonchev–Trinajstić information content (AvgIpc) is 3.14. The zero-order valence-electron chi connectivity index (χ0n) is 16.5. The van der Waals surface area contributed by atoms with E-state index in [4.69, 9.17) is 2.74 Å². The lowest BCUT2D eigenvalue weighted by Gasteiger charge is -2.25. The van der Waals surface area contributed by atoms with Crippen LogP contribution < -0.4 is 5.32 Å². The summed E-state index contributed by atoms with van der Waals surface area (Å²) < 4.78 is 16.5. The molecule has 134 valence electrons. The molecule has 1 saturated heterocycles. The molecule has 1 fully saturated rings. The maximum absolute atomic E-state index is 12.6. The topological polar surface area (TPSA) is 71.0 Å². The second kappa shape index (κ2) is 7.47. The van der Waals surface area contributed by atoms with Gasteiger partial charge < -0.3 is 5.32 Å². The molecule has 1 amide bonds. The minimum Gasteiger partial charge on any atom is -0.310 e. The van der Waals surface area contributed by atoms with Gasteiger partial charge in [-0.25, -0.2) is 4.98 Å². The highest BCUT2D eigenvalue weighted by Crippen LogP contribution is 2.27. The number of carbonyl (C=O) groups is 1. The number of fused-ring (bicyclic) bond motifs is 1. The number of hydrogen-bond acceptors (Lipinski definition) is 6. The van der Waals surface area contributed by atoms with E-state index in [2.05, 4.69) is 20.5 Å². The number of carbonyl (C=O) groups excluding carboxylic acids is 1. The molecule has 0 radical (unpaired) electrons. The average molecular weight is 369 g/mol. The van der Waals surface area contributed by atoms with Gasteiger partial charge in [-0.2, -0.15) is 0 Å². The first-order chi connectivity index (χ1) is 13.4. The molecule has 1 aromatic carbocycles. The molecule has 0 bridgehead atoms. The van der Waals surface area contributed by atoms with Crippen LogP contribution in [0.15, 0.2) is 30.5 Å². The summed E-state index contributed by atoms with van der Waals surface area (Å²) in [4.78, 5) is 18.4. The van der Waals surface area contributed by atoms with Gasteiger partial charge in [0, 0.05) is 17.1 Å². The van der Waals surface area contributed by atoms with Crippen LogP contribution in [0.5, 0.6) is 0 Å². The number of aryl methyl sites for hydroxylation is 1. The summed E-state index contributed by atoms with van der Waals surface area (Å²) in [7, 11) is 0. The van der Waals surface area contributed by atoms with Gasteiger partial charge in [0.2, 0.25) is 5.91 Å². The van der Waals surface area contributed by atoms with Gasteiger partial charge in [-0.05, 0) is 50.4 Å². The second-order valence-electron chi connectivity index (χ2n) is 6.37. The van der Waals surface area contributed by atoms with Crippen LogP contribution in [0.1, 0.15) is 27.0 Å². The lowest BCUT2D eigenvalue weighted by molar-refractivity contribution is -0.117. The third-order valence-electron chi connectivity index (χ3n) is 4.35. The molecule has 0 atom stereocenters. The molecule has 7 heteroatoms. The molecule has 0 aliphatic carbocycles. The number of nitrogens with zero attached hydrogens (tertiary/aromatic N) is 4. The molecule has 0 saturated carbocycles. The third kappa shape index (κ3) is 3.89. The molecule has 4 rings (SSSR count). The van der Waals surface area contributed by atoms with Crippen molar-refractivity contribution in [3.8, 4) is 10.6 Å². The largest absolute Gasteiger partial charge is 0.310 e. The highest BCUT2D eigenvalue weighted by molar-refractivity contribution is 7.14. The Labute approximate surface area is 159 Å². The predicted octanol–water partition coefficient (Wildman–Crippen LogP) is 3.49. The highest BCUT2D eigenvalue weighted by Gasteiger charge is 2.14.